The molecule has 0 aromatic heterocycles. The van der Waals surface area contributed by atoms with Gasteiger partial charge in [0.05, 0.1) is 27.5 Å². The lowest BCUT2D eigenvalue weighted by Gasteiger charge is -2.37. The molecule has 3 amide bonds. The van der Waals surface area contributed by atoms with Crippen molar-refractivity contribution in [2.75, 3.05) is 5.34 Å². The summed E-state index contributed by atoms with van der Waals surface area (Å²) in [5.74, 6) is -13.0. The number of carbonyl (C=O) groups excluding carboxylic acids is 3. The minimum Gasteiger partial charge on any atom is -0.428 e. The summed E-state index contributed by atoms with van der Waals surface area (Å²) < 4.78 is 284. The fraction of sp³-hybridized carbons (Fsp3) is 0.215. The number of alkyl halides is 16. The highest BCUT2D eigenvalue weighted by Crippen LogP contribution is 2.42. The zero-order chi connectivity index (χ0) is 71.3. The summed E-state index contributed by atoms with van der Waals surface area (Å²) in [4.78, 5) is 39.0. The number of halogens is 22. The third-order valence-electron chi connectivity index (χ3n) is 13.9. The Balaban J connectivity index is 0.000000292. The lowest BCUT2D eigenvalue weighted by Crippen LogP contribution is -2.49. The van der Waals surface area contributed by atoms with E-state index in [9.17, 15) is 93.4 Å². The summed E-state index contributed by atoms with van der Waals surface area (Å²) in [6, 6.07) is 28.2. The highest BCUT2D eigenvalue weighted by molar-refractivity contribution is 6.40. The average molecular weight is 1420 g/mol. The molecule has 0 fully saturated rings. The zero-order valence-electron chi connectivity index (χ0n) is 48.8. The summed E-state index contributed by atoms with van der Waals surface area (Å²) in [5.41, 5.74) is -4.30. The van der Waals surface area contributed by atoms with Crippen LogP contribution in [-0.2, 0) is 54.2 Å². The minimum atomic E-state index is -5.22. The Morgan fingerprint density at radius 3 is 1.16 bits per heavy atom. The number of rotatable bonds is 21. The van der Waals surface area contributed by atoms with Crippen LogP contribution in [0.1, 0.15) is 83.3 Å². The first kappa shape index (κ1) is 75.9. The molecule has 512 valence electrons. The molecular weight excluding hydrogens is 1370 g/mol. The van der Waals surface area contributed by atoms with Crippen molar-refractivity contribution < 1.29 is 112 Å². The Bertz CT molecular complexity index is 4020. The molecule has 0 saturated carbocycles. The maximum Gasteiger partial charge on any atom is 0.461 e. The van der Waals surface area contributed by atoms with Crippen molar-refractivity contribution in [3.63, 3.8) is 0 Å². The van der Waals surface area contributed by atoms with Crippen molar-refractivity contribution in [2.24, 2.45) is 5.73 Å². The Hall–Kier alpha value is -9.09. The van der Waals surface area contributed by atoms with Gasteiger partial charge in [0, 0.05) is 67.2 Å². The number of hydrogen-bond acceptors (Lipinski definition) is 6. The fourth-order valence-electron chi connectivity index (χ4n) is 9.55. The summed E-state index contributed by atoms with van der Waals surface area (Å²) in [6.07, 6.45) is -30.0. The average Bonchev–Trinajstić information content (AvgIpc) is 0.760. The monoisotopic (exact) mass is 1410 g/mol. The molecule has 0 unspecified atom stereocenters. The number of ether oxygens (including phenoxy) is 2. The quantitative estimate of drug-likeness (QED) is 0.0419. The van der Waals surface area contributed by atoms with Gasteiger partial charge in [-0.2, -0.15) is 61.5 Å². The van der Waals surface area contributed by atoms with Gasteiger partial charge in [-0.05, 0) is 118 Å². The molecule has 0 bridgehead atoms. The summed E-state index contributed by atoms with van der Waals surface area (Å²) >= 11 is 9.53. The van der Waals surface area contributed by atoms with Crippen molar-refractivity contribution in [1.82, 2.24) is 16.0 Å². The Kier molecular flexibility index (Phi) is 25.0. The summed E-state index contributed by atoms with van der Waals surface area (Å²) in [5, 5.41) is 7.54. The highest BCUT2D eigenvalue weighted by atomic mass is 35.5. The lowest BCUT2D eigenvalue weighted by molar-refractivity contribution is -0.253. The smallest absolute Gasteiger partial charge is 0.428 e. The molecule has 8 aromatic rings. The normalized spacial score (nSPS) is 13.1. The van der Waals surface area contributed by atoms with E-state index >= 15 is 8.78 Å². The van der Waals surface area contributed by atoms with Gasteiger partial charge < -0.3 is 31.2 Å². The molecule has 5 N–H and O–H groups in total. The second kappa shape index (κ2) is 31.6. The van der Waals surface area contributed by atoms with Gasteiger partial charge in [0.25, 0.3) is 11.8 Å². The first-order chi connectivity index (χ1) is 44.9. The van der Waals surface area contributed by atoms with E-state index in [2.05, 4.69) is 25.4 Å². The number of hydrogen-bond donors (Lipinski definition) is 4. The van der Waals surface area contributed by atoms with Gasteiger partial charge >= 0.3 is 37.4 Å². The van der Waals surface area contributed by atoms with E-state index in [0.29, 0.717) is 41.5 Å². The Morgan fingerprint density at radius 1 is 0.458 bits per heavy atom. The topological polar surface area (TPSA) is 132 Å². The van der Waals surface area contributed by atoms with E-state index < -0.39 is 159 Å². The molecule has 8 aromatic carbocycles. The molecular formula is C65H48Cl2F20N4O5. The van der Waals surface area contributed by atoms with E-state index in [4.69, 9.17) is 28.9 Å². The van der Waals surface area contributed by atoms with Crippen LogP contribution in [0.15, 0.2) is 170 Å². The predicted octanol–water partition coefficient (Wildman–Crippen LogP) is 17.1. The minimum absolute atomic E-state index is 0.0584. The molecule has 0 spiro atoms. The van der Waals surface area contributed by atoms with Crippen LogP contribution in [0.5, 0.6) is 11.5 Å². The SMILES string of the molecule is CC(=O)NCc1cc([C@@](Cc2ccccc2)(NC(=O)c2ccc(F)c(C(F)(F)F)c2)c2cc(F)cc(OC(F)(F)C(F)F)c2)ccc1F.ClCCl.NCc1cc([C@@](Cc2ccccc2)(NC(=O)c2ccc(F)c(C(F)(F)F)c2)c2cc(F)cc(OC(F)(F)C(F)F)c2)ccc1F. The first-order valence-corrected chi connectivity index (χ1v) is 28.4. The third kappa shape index (κ3) is 19.3. The van der Waals surface area contributed by atoms with Crippen molar-refractivity contribution in [1.29, 1.82) is 0 Å². The highest BCUT2D eigenvalue weighted by Gasteiger charge is 2.47. The lowest BCUT2D eigenvalue weighted by atomic mass is 9.77. The van der Waals surface area contributed by atoms with Crippen LogP contribution in [0.4, 0.5) is 87.8 Å². The van der Waals surface area contributed by atoms with Gasteiger partial charge in [-0.15, -0.1) is 23.2 Å². The molecule has 0 radical (unpaired) electrons. The molecule has 0 aliphatic rings. The number of nitrogens with two attached hydrogens (primary N) is 1. The first-order valence-electron chi connectivity index (χ1n) is 27.3. The largest absolute Gasteiger partial charge is 0.461 e. The van der Waals surface area contributed by atoms with Gasteiger partial charge in [0.15, 0.2) is 0 Å². The molecule has 0 aliphatic heterocycles. The number of carbonyl (C=O) groups is 3. The van der Waals surface area contributed by atoms with E-state index in [1.807, 2.05) is 0 Å². The van der Waals surface area contributed by atoms with Crippen LogP contribution in [0.25, 0.3) is 0 Å². The van der Waals surface area contributed by atoms with Crippen molar-refractivity contribution >= 4 is 40.9 Å². The van der Waals surface area contributed by atoms with Gasteiger partial charge in [-0.1, -0.05) is 72.8 Å². The van der Waals surface area contributed by atoms with Gasteiger partial charge in [-0.3, -0.25) is 14.4 Å². The summed E-state index contributed by atoms with van der Waals surface area (Å²) in [6.45, 7) is 0.346. The fourth-order valence-corrected chi connectivity index (χ4v) is 9.55. The molecule has 0 aliphatic carbocycles. The van der Waals surface area contributed by atoms with E-state index in [0.717, 1.165) is 73.7 Å². The standard InChI is InChI=1S/C33H24F10N2O3.C31H22F10N2O2.CH2Cl2/c1-18(46)44-17-21-11-22(8-10-27(21)35)31(16-19-5-3-2-4-6-19,23-13-24(34)15-25(14-23)48-33(42,43)30(37)38)45-29(47)20-7-9-28(36)26(12-20)32(39,40)41;32-22-12-21(13-23(14-22)45-31(40,41)28(35)36)29(15-17-4-2-1-3-5-17,20-7-9-25(33)19(10-20)16-42)43-27(44)18-6-8-26(34)24(11-18)30(37,38)39;2-1-3/h2-15,30H,16-17H2,1H3,(H,44,46)(H,45,47);1-14,28H,15-16,42H2,(H,43,44);1H2/t31-;29-;/m11./s1. The molecule has 8 rings (SSSR count). The van der Waals surface area contributed by atoms with Crippen LogP contribution in [-0.4, -0.2) is 48.1 Å². The maximum atomic E-state index is 15.1. The Morgan fingerprint density at radius 2 is 0.812 bits per heavy atom. The number of amides is 3. The molecule has 9 nitrogen and oxygen atoms in total. The second-order valence-corrected chi connectivity index (χ2v) is 21.3. The van der Waals surface area contributed by atoms with Crippen LogP contribution in [0, 0.1) is 34.9 Å². The van der Waals surface area contributed by atoms with Crippen molar-refractivity contribution in [3.05, 3.63) is 272 Å². The Labute approximate surface area is 542 Å². The predicted molar refractivity (Wildman–Crippen MR) is 310 cm³/mol. The number of nitrogens with one attached hydrogen (secondary N) is 3. The summed E-state index contributed by atoms with van der Waals surface area (Å²) in [7, 11) is 0. The zero-order valence-corrected chi connectivity index (χ0v) is 50.3. The maximum absolute atomic E-state index is 15.1. The van der Waals surface area contributed by atoms with Crippen molar-refractivity contribution in [3.8, 4) is 11.5 Å². The third-order valence-corrected chi connectivity index (χ3v) is 13.9. The molecule has 0 heterocycles. The van der Waals surface area contributed by atoms with Crippen LogP contribution >= 0.6 is 23.2 Å². The van der Waals surface area contributed by atoms with Gasteiger partial charge in [0.2, 0.25) is 5.91 Å². The van der Waals surface area contributed by atoms with Crippen molar-refractivity contribution in [2.45, 2.75) is 81.4 Å². The van der Waals surface area contributed by atoms with E-state index in [1.54, 1.807) is 36.4 Å². The van der Waals surface area contributed by atoms with E-state index in [1.165, 1.54) is 24.3 Å². The second-order valence-electron chi connectivity index (χ2n) is 20.5. The van der Waals surface area contributed by atoms with Gasteiger partial charge in [-0.25, -0.2) is 26.3 Å². The van der Waals surface area contributed by atoms with Crippen LogP contribution < -0.4 is 31.2 Å². The van der Waals surface area contributed by atoms with Crippen LogP contribution in [0.3, 0.4) is 0 Å². The van der Waals surface area contributed by atoms with Gasteiger partial charge in [0.1, 0.15) is 46.4 Å². The van der Waals surface area contributed by atoms with E-state index in [-0.39, 0.29) is 52.7 Å². The molecule has 2 atom stereocenters. The molecule has 0 saturated heterocycles. The molecule has 31 heteroatoms. The molecule has 96 heavy (non-hydrogen) atoms. The van der Waals surface area contributed by atoms with Crippen LogP contribution in [0.2, 0.25) is 0 Å². The number of benzene rings is 8.